The molecule has 1 rings (SSSR count). The number of methoxy groups -OCH3 is 1. The Morgan fingerprint density at radius 2 is 2.28 bits per heavy atom. The maximum Gasteiger partial charge on any atom is 0.319 e. The van der Waals surface area contributed by atoms with Crippen molar-refractivity contribution in [3.05, 3.63) is 33.3 Å². The Morgan fingerprint density at radius 3 is 2.89 bits per heavy atom. The van der Waals surface area contributed by atoms with E-state index in [2.05, 4.69) is 10.6 Å². The summed E-state index contributed by atoms with van der Waals surface area (Å²) in [6, 6.07) is 3.55. The third-order valence-electron chi connectivity index (χ3n) is 1.99. The van der Waals surface area contributed by atoms with Crippen molar-refractivity contribution >= 4 is 29.0 Å². The topological polar surface area (TPSA) is 93.5 Å². The van der Waals surface area contributed by atoms with Crippen LogP contribution in [0, 0.1) is 10.1 Å². The van der Waals surface area contributed by atoms with Gasteiger partial charge < -0.3 is 15.4 Å². The molecule has 2 amide bonds. The first kappa shape index (κ1) is 14.2. The second-order valence-corrected chi connectivity index (χ2v) is 3.70. The summed E-state index contributed by atoms with van der Waals surface area (Å²) in [4.78, 5) is 21.4. The van der Waals surface area contributed by atoms with Gasteiger partial charge in [-0.05, 0) is 12.1 Å². The summed E-state index contributed by atoms with van der Waals surface area (Å²) in [5, 5.41) is 15.6. The zero-order valence-electron chi connectivity index (χ0n) is 9.60. The van der Waals surface area contributed by atoms with Gasteiger partial charge in [-0.2, -0.15) is 0 Å². The number of hydrogen-bond acceptors (Lipinski definition) is 4. The highest BCUT2D eigenvalue weighted by molar-refractivity contribution is 6.32. The number of rotatable bonds is 5. The Kier molecular flexibility index (Phi) is 5.34. The highest BCUT2D eigenvalue weighted by atomic mass is 35.5. The number of urea groups is 1. The van der Waals surface area contributed by atoms with E-state index >= 15 is 0 Å². The maximum atomic E-state index is 11.4. The zero-order chi connectivity index (χ0) is 13.5. The molecule has 7 nitrogen and oxygen atoms in total. The molecule has 18 heavy (non-hydrogen) atoms. The predicted octanol–water partition coefficient (Wildman–Crippen LogP) is 2.02. The van der Waals surface area contributed by atoms with Crippen LogP contribution in [-0.2, 0) is 4.74 Å². The van der Waals surface area contributed by atoms with E-state index in [9.17, 15) is 14.9 Å². The molecule has 0 fully saturated rings. The van der Waals surface area contributed by atoms with E-state index in [1.54, 1.807) is 0 Å². The summed E-state index contributed by atoms with van der Waals surface area (Å²) in [6.07, 6.45) is 0. The molecule has 1 aromatic rings. The number of benzene rings is 1. The van der Waals surface area contributed by atoms with Gasteiger partial charge in [0.15, 0.2) is 0 Å². The van der Waals surface area contributed by atoms with E-state index in [4.69, 9.17) is 16.3 Å². The Bertz CT molecular complexity index is 453. The molecule has 1 aromatic carbocycles. The number of nitrogens with one attached hydrogen (secondary N) is 2. The number of amides is 2. The van der Waals surface area contributed by atoms with E-state index in [0.717, 1.165) is 0 Å². The lowest BCUT2D eigenvalue weighted by Gasteiger charge is -2.07. The van der Waals surface area contributed by atoms with E-state index in [-0.39, 0.29) is 10.7 Å². The number of hydrogen-bond donors (Lipinski definition) is 2. The highest BCUT2D eigenvalue weighted by Gasteiger charge is 2.13. The van der Waals surface area contributed by atoms with Crippen molar-refractivity contribution < 1.29 is 14.5 Å². The summed E-state index contributed by atoms with van der Waals surface area (Å²) in [5.74, 6) is 0. The molecule has 8 heteroatoms. The molecule has 0 aromatic heterocycles. The average molecular weight is 274 g/mol. The average Bonchev–Trinajstić information content (AvgIpc) is 2.31. The first-order chi connectivity index (χ1) is 8.54. The van der Waals surface area contributed by atoms with Gasteiger partial charge >= 0.3 is 6.03 Å². The van der Waals surface area contributed by atoms with Crippen molar-refractivity contribution in [1.82, 2.24) is 5.32 Å². The van der Waals surface area contributed by atoms with Crippen LogP contribution in [0.4, 0.5) is 16.2 Å². The quantitative estimate of drug-likeness (QED) is 0.487. The first-order valence-corrected chi connectivity index (χ1v) is 5.40. The summed E-state index contributed by atoms with van der Waals surface area (Å²) in [7, 11) is 1.52. The maximum absolute atomic E-state index is 11.4. The van der Waals surface area contributed by atoms with Gasteiger partial charge in [0.1, 0.15) is 5.02 Å². The largest absolute Gasteiger partial charge is 0.383 e. The molecule has 0 heterocycles. The minimum Gasteiger partial charge on any atom is -0.383 e. The normalized spacial score (nSPS) is 9.89. The van der Waals surface area contributed by atoms with Gasteiger partial charge in [0.2, 0.25) is 0 Å². The van der Waals surface area contributed by atoms with Crippen LogP contribution < -0.4 is 10.6 Å². The Hall–Kier alpha value is -1.86. The number of nitrogens with zero attached hydrogens (tertiary/aromatic N) is 1. The molecule has 0 spiro atoms. The van der Waals surface area contributed by atoms with Crippen molar-refractivity contribution in [1.29, 1.82) is 0 Å². The fraction of sp³-hybridized carbons (Fsp3) is 0.300. The van der Waals surface area contributed by atoms with Crippen molar-refractivity contribution in [3.63, 3.8) is 0 Å². The van der Waals surface area contributed by atoms with Crippen molar-refractivity contribution in [2.24, 2.45) is 0 Å². The van der Waals surface area contributed by atoms with E-state index in [0.29, 0.717) is 18.8 Å². The van der Waals surface area contributed by atoms with Crippen LogP contribution in [0.1, 0.15) is 0 Å². The van der Waals surface area contributed by atoms with Crippen LogP contribution in [0.3, 0.4) is 0 Å². The smallest absolute Gasteiger partial charge is 0.319 e. The minimum absolute atomic E-state index is 0.0188. The molecular formula is C10H12ClN3O4. The molecule has 0 atom stereocenters. The third-order valence-corrected chi connectivity index (χ3v) is 2.31. The molecule has 0 saturated carbocycles. The van der Waals surface area contributed by atoms with Gasteiger partial charge in [0, 0.05) is 25.4 Å². The number of carbonyl (C=O) groups is 1. The van der Waals surface area contributed by atoms with Crippen molar-refractivity contribution in [2.75, 3.05) is 25.6 Å². The SMILES string of the molecule is COCCNC(=O)Nc1ccc(Cl)c([N+](=O)[O-])c1. The van der Waals surface area contributed by atoms with Crippen LogP contribution in [0.5, 0.6) is 0 Å². The van der Waals surface area contributed by atoms with Gasteiger partial charge in [-0.15, -0.1) is 0 Å². The molecule has 0 aliphatic heterocycles. The highest BCUT2D eigenvalue weighted by Crippen LogP contribution is 2.27. The number of halogens is 1. The molecule has 0 unspecified atom stereocenters. The van der Waals surface area contributed by atoms with Crippen LogP contribution >= 0.6 is 11.6 Å². The fourth-order valence-electron chi connectivity index (χ4n) is 1.17. The second kappa shape index (κ2) is 6.77. The lowest BCUT2D eigenvalue weighted by atomic mass is 10.3. The van der Waals surface area contributed by atoms with Gasteiger partial charge in [-0.3, -0.25) is 10.1 Å². The zero-order valence-corrected chi connectivity index (χ0v) is 10.4. The Morgan fingerprint density at radius 1 is 1.56 bits per heavy atom. The second-order valence-electron chi connectivity index (χ2n) is 3.30. The van der Waals surface area contributed by atoms with E-state index in [1.807, 2.05) is 0 Å². The molecule has 0 radical (unpaired) electrons. The Balaban J connectivity index is 2.65. The molecule has 0 saturated heterocycles. The summed E-state index contributed by atoms with van der Waals surface area (Å²) in [5.41, 5.74) is 0.0346. The molecule has 0 aliphatic carbocycles. The fourth-order valence-corrected chi connectivity index (χ4v) is 1.36. The third kappa shape index (κ3) is 4.19. The predicted molar refractivity (Wildman–Crippen MR) is 67.0 cm³/mol. The number of anilines is 1. The van der Waals surface area contributed by atoms with E-state index in [1.165, 1.54) is 25.3 Å². The molecule has 98 valence electrons. The van der Waals surface area contributed by atoms with Gasteiger partial charge in [0.25, 0.3) is 5.69 Å². The molecule has 0 bridgehead atoms. The monoisotopic (exact) mass is 273 g/mol. The van der Waals surface area contributed by atoms with E-state index < -0.39 is 11.0 Å². The molecule has 2 N–H and O–H groups in total. The van der Waals surface area contributed by atoms with Crippen molar-refractivity contribution in [3.8, 4) is 0 Å². The standard InChI is InChI=1S/C10H12ClN3O4/c1-18-5-4-12-10(15)13-7-2-3-8(11)9(6-7)14(16)17/h2-3,6H,4-5H2,1H3,(H2,12,13,15). The minimum atomic E-state index is -0.615. The number of nitro benzene ring substituents is 1. The lowest BCUT2D eigenvalue weighted by molar-refractivity contribution is -0.384. The summed E-state index contributed by atoms with van der Waals surface area (Å²) in [6.45, 7) is 0.728. The molecular weight excluding hydrogens is 262 g/mol. The van der Waals surface area contributed by atoms with Crippen LogP contribution in [0.25, 0.3) is 0 Å². The Labute approximate surface area is 108 Å². The van der Waals surface area contributed by atoms with Crippen LogP contribution in [-0.4, -0.2) is 31.2 Å². The van der Waals surface area contributed by atoms with Gasteiger partial charge in [0.05, 0.1) is 11.5 Å². The number of nitro groups is 1. The number of carbonyl (C=O) groups excluding carboxylic acids is 1. The van der Waals surface area contributed by atoms with Crippen molar-refractivity contribution in [2.45, 2.75) is 0 Å². The van der Waals surface area contributed by atoms with Gasteiger partial charge in [-0.1, -0.05) is 11.6 Å². The van der Waals surface area contributed by atoms with Crippen LogP contribution in [0.2, 0.25) is 5.02 Å². The lowest BCUT2D eigenvalue weighted by Crippen LogP contribution is -2.31. The van der Waals surface area contributed by atoms with Gasteiger partial charge in [-0.25, -0.2) is 4.79 Å². The molecule has 0 aliphatic rings. The number of ether oxygens (including phenoxy) is 1. The summed E-state index contributed by atoms with van der Waals surface area (Å²) < 4.78 is 4.76. The summed E-state index contributed by atoms with van der Waals surface area (Å²) >= 11 is 5.64. The first-order valence-electron chi connectivity index (χ1n) is 5.02. The van der Waals surface area contributed by atoms with Crippen LogP contribution in [0.15, 0.2) is 18.2 Å².